The van der Waals surface area contributed by atoms with Gasteiger partial charge in [-0.1, -0.05) is 0 Å². The van der Waals surface area contributed by atoms with Crippen LogP contribution in [0.5, 0.6) is 0 Å². The van der Waals surface area contributed by atoms with E-state index in [0.29, 0.717) is 11.5 Å². The lowest BCUT2D eigenvalue weighted by atomic mass is 9.93. The van der Waals surface area contributed by atoms with Crippen molar-refractivity contribution in [3.63, 3.8) is 0 Å². The fourth-order valence-corrected chi connectivity index (χ4v) is 2.44. The van der Waals surface area contributed by atoms with E-state index >= 15 is 0 Å². The van der Waals surface area contributed by atoms with Gasteiger partial charge in [0.25, 0.3) is 5.91 Å². The Bertz CT molecular complexity index is 455. The standard InChI is InChI=1S/C14H20N2O3/c1-15-7-4-11-5-8-16(9-6-11)14(18)12-2-3-13(17)19-10-12/h2-3,10-11,15H,4-9H2,1H3. The van der Waals surface area contributed by atoms with Gasteiger partial charge in [-0.15, -0.1) is 0 Å². The summed E-state index contributed by atoms with van der Waals surface area (Å²) < 4.78 is 4.73. The van der Waals surface area contributed by atoms with Gasteiger partial charge in [-0.3, -0.25) is 4.79 Å². The molecule has 1 aliphatic rings. The topological polar surface area (TPSA) is 62.6 Å². The number of likely N-dealkylation sites (tertiary alicyclic amines) is 1. The summed E-state index contributed by atoms with van der Waals surface area (Å²) in [7, 11) is 1.96. The van der Waals surface area contributed by atoms with Crippen LogP contribution in [-0.2, 0) is 0 Å². The first-order chi connectivity index (χ1) is 9.20. The van der Waals surface area contributed by atoms with Crippen LogP contribution in [0, 0.1) is 5.92 Å². The largest absolute Gasteiger partial charge is 0.430 e. The fourth-order valence-electron chi connectivity index (χ4n) is 2.44. The molecule has 1 saturated heterocycles. The molecule has 2 rings (SSSR count). The van der Waals surface area contributed by atoms with Crippen molar-refractivity contribution in [1.29, 1.82) is 0 Å². The summed E-state index contributed by atoms with van der Waals surface area (Å²) in [5, 5.41) is 3.16. The molecule has 1 N–H and O–H groups in total. The SMILES string of the molecule is CNCCC1CCN(C(=O)c2ccc(=O)oc2)CC1. The zero-order valence-electron chi connectivity index (χ0n) is 11.2. The molecule has 1 amide bonds. The second-order valence-corrected chi connectivity index (χ2v) is 4.97. The molecule has 0 spiro atoms. The van der Waals surface area contributed by atoms with E-state index in [1.165, 1.54) is 24.8 Å². The van der Waals surface area contributed by atoms with Gasteiger partial charge in [0, 0.05) is 19.2 Å². The van der Waals surface area contributed by atoms with Gasteiger partial charge in [-0.2, -0.15) is 0 Å². The normalized spacial score (nSPS) is 16.6. The Balaban J connectivity index is 1.88. The van der Waals surface area contributed by atoms with Crippen molar-refractivity contribution in [2.45, 2.75) is 19.3 Å². The Hall–Kier alpha value is -1.62. The Morgan fingerprint density at radius 2 is 2.16 bits per heavy atom. The molecule has 0 radical (unpaired) electrons. The lowest BCUT2D eigenvalue weighted by Gasteiger charge is -2.32. The molecule has 0 aromatic carbocycles. The number of hydrogen-bond acceptors (Lipinski definition) is 4. The first kappa shape index (κ1) is 13.8. The maximum atomic E-state index is 12.2. The smallest absolute Gasteiger partial charge is 0.335 e. The minimum atomic E-state index is -0.428. The second-order valence-electron chi connectivity index (χ2n) is 4.97. The molecule has 1 aromatic heterocycles. The van der Waals surface area contributed by atoms with E-state index in [-0.39, 0.29) is 5.91 Å². The van der Waals surface area contributed by atoms with Crippen molar-refractivity contribution < 1.29 is 9.21 Å². The average Bonchev–Trinajstić information content (AvgIpc) is 2.46. The molecule has 0 unspecified atom stereocenters. The van der Waals surface area contributed by atoms with Gasteiger partial charge in [-0.25, -0.2) is 4.79 Å². The molecule has 104 valence electrons. The van der Waals surface area contributed by atoms with E-state index in [9.17, 15) is 9.59 Å². The van der Waals surface area contributed by atoms with Crippen LogP contribution in [0.2, 0.25) is 0 Å². The quantitative estimate of drug-likeness (QED) is 0.884. The van der Waals surface area contributed by atoms with Gasteiger partial charge in [-0.05, 0) is 44.8 Å². The van der Waals surface area contributed by atoms with Gasteiger partial charge in [0.15, 0.2) is 0 Å². The molecular weight excluding hydrogens is 244 g/mol. The highest BCUT2D eigenvalue weighted by atomic mass is 16.4. The van der Waals surface area contributed by atoms with Crippen molar-refractivity contribution in [1.82, 2.24) is 10.2 Å². The van der Waals surface area contributed by atoms with Crippen molar-refractivity contribution >= 4 is 5.91 Å². The predicted molar refractivity (Wildman–Crippen MR) is 72.1 cm³/mol. The number of piperidine rings is 1. The summed E-state index contributed by atoms with van der Waals surface area (Å²) >= 11 is 0. The molecule has 0 atom stereocenters. The van der Waals surface area contributed by atoms with Gasteiger partial charge in [0.1, 0.15) is 6.26 Å². The summed E-state index contributed by atoms with van der Waals surface area (Å²) in [6, 6.07) is 2.81. The maximum Gasteiger partial charge on any atom is 0.335 e. The van der Waals surface area contributed by atoms with E-state index < -0.39 is 5.63 Å². The Kier molecular flexibility index (Phi) is 4.74. The van der Waals surface area contributed by atoms with E-state index in [1.807, 2.05) is 11.9 Å². The number of hydrogen-bond donors (Lipinski definition) is 1. The summed E-state index contributed by atoms with van der Waals surface area (Å²) in [6.45, 7) is 2.60. The second kappa shape index (κ2) is 6.52. The molecule has 1 aromatic rings. The number of rotatable bonds is 4. The minimum Gasteiger partial charge on any atom is -0.430 e. The van der Waals surface area contributed by atoms with Crippen molar-refractivity contribution in [2.75, 3.05) is 26.7 Å². The Morgan fingerprint density at radius 1 is 1.42 bits per heavy atom. The molecule has 0 bridgehead atoms. The molecule has 19 heavy (non-hydrogen) atoms. The highest BCUT2D eigenvalue weighted by Crippen LogP contribution is 2.21. The Morgan fingerprint density at radius 3 is 2.74 bits per heavy atom. The zero-order valence-corrected chi connectivity index (χ0v) is 11.2. The van der Waals surface area contributed by atoms with E-state index in [2.05, 4.69) is 5.32 Å². The molecule has 5 heteroatoms. The van der Waals surface area contributed by atoms with Crippen LogP contribution in [0.4, 0.5) is 0 Å². The monoisotopic (exact) mass is 264 g/mol. The number of carbonyl (C=O) groups is 1. The number of nitrogens with zero attached hydrogens (tertiary/aromatic N) is 1. The zero-order chi connectivity index (χ0) is 13.7. The highest BCUT2D eigenvalue weighted by molar-refractivity contribution is 5.93. The van der Waals surface area contributed by atoms with Crippen molar-refractivity contribution in [3.05, 3.63) is 34.4 Å². The molecule has 0 aliphatic carbocycles. The number of amides is 1. The minimum absolute atomic E-state index is 0.0455. The first-order valence-corrected chi connectivity index (χ1v) is 6.73. The molecule has 1 fully saturated rings. The highest BCUT2D eigenvalue weighted by Gasteiger charge is 2.23. The first-order valence-electron chi connectivity index (χ1n) is 6.73. The summed E-state index contributed by atoms with van der Waals surface area (Å²) in [6.07, 6.45) is 4.50. The van der Waals surface area contributed by atoms with E-state index in [1.54, 1.807) is 0 Å². The predicted octanol–water partition coefficient (Wildman–Crippen LogP) is 1.10. The summed E-state index contributed by atoms with van der Waals surface area (Å²) in [5.74, 6) is 0.654. The number of carbonyl (C=O) groups excluding carboxylic acids is 1. The third-order valence-electron chi connectivity index (χ3n) is 3.65. The molecule has 1 aliphatic heterocycles. The van der Waals surface area contributed by atoms with E-state index in [4.69, 9.17) is 4.42 Å². The molecular formula is C14H20N2O3. The third kappa shape index (κ3) is 3.67. The van der Waals surface area contributed by atoms with Gasteiger partial charge in [0.2, 0.25) is 0 Å². The maximum absolute atomic E-state index is 12.2. The van der Waals surface area contributed by atoms with Gasteiger partial charge < -0.3 is 14.6 Å². The third-order valence-corrected chi connectivity index (χ3v) is 3.65. The van der Waals surface area contributed by atoms with Crippen LogP contribution >= 0.6 is 0 Å². The lowest BCUT2D eigenvalue weighted by Crippen LogP contribution is -2.39. The van der Waals surface area contributed by atoms with E-state index in [0.717, 1.165) is 32.5 Å². The van der Waals surface area contributed by atoms with Crippen LogP contribution < -0.4 is 10.9 Å². The van der Waals surface area contributed by atoms with Crippen LogP contribution in [-0.4, -0.2) is 37.5 Å². The molecule has 5 nitrogen and oxygen atoms in total. The lowest BCUT2D eigenvalue weighted by molar-refractivity contribution is 0.0684. The Labute approximate surface area is 112 Å². The number of nitrogens with one attached hydrogen (secondary N) is 1. The van der Waals surface area contributed by atoms with Crippen LogP contribution in [0.25, 0.3) is 0 Å². The van der Waals surface area contributed by atoms with Crippen LogP contribution in [0.1, 0.15) is 29.6 Å². The van der Waals surface area contributed by atoms with Crippen molar-refractivity contribution in [2.24, 2.45) is 5.92 Å². The van der Waals surface area contributed by atoms with Gasteiger partial charge in [0.05, 0.1) is 5.56 Å². The van der Waals surface area contributed by atoms with Crippen molar-refractivity contribution in [3.8, 4) is 0 Å². The van der Waals surface area contributed by atoms with Crippen LogP contribution in [0.3, 0.4) is 0 Å². The fraction of sp³-hybridized carbons (Fsp3) is 0.571. The summed E-state index contributed by atoms with van der Waals surface area (Å²) in [4.78, 5) is 24.9. The summed E-state index contributed by atoms with van der Waals surface area (Å²) in [5.41, 5.74) is 0.0237. The van der Waals surface area contributed by atoms with Gasteiger partial charge >= 0.3 is 5.63 Å². The van der Waals surface area contributed by atoms with Crippen LogP contribution in [0.15, 0.2) is 27.6 Å². The average molecular weight is 264 g/mol. The molecule has 0 saturated carbocycles. The molecule has 2 heterocycles.